The third-order valence-corrected chi connectivity index (χ3v) is 4.12. The van der Waals surface area contributed by atoms with Crippen molar-refractivity contribution in [2.75, 3.05) is 13.2 Å². The van der Waals surface area contributed by atoms with Gasteiger partial charge in [-0.15, -0.1) is 0 Å². The maximum absolute atomic E-state index is 9.26. The molecule has 0 saturated carbocycles. The van der Waals surface area contributed by atoms with Gasteiger partial charge in [0.15, 0.2) is 0 Å². The number of aromatic nitrogens is 2. The minimum Gasteiger partial charge on any atom is -0.396 e. The summed E-state index contributed by atoms with van der Waals surface area (Å²) in [7, 11) is 2.07. The quantitative estimate of drug-likeness (QED) is 0.770. The van der Waals surface area contributed by atoms with Crippen molar-refractivity contribution in [1.82, 2.24) is 14.9 Å². The lowest BCUT2D eigenvalue weighted by atomic mass is 9.89. The molecule has 0 radical (unpaired) electrons. The van der Waals surface area contributed by atoms with Gasteiger partial charge < -0.3 is 15.0 Å². The molecule has 2 aromatic rings. The average molecular weight is 289 g/mol. The Labute approximate surface area is 127 Å². The fourth-order valence-electron chi connectivity index (χ4n) is 2.61. The molecule has 116 valence electrons. The summed E-state index contributed by atoms with van der Waals surface area (Å²) in [5.74, 6) is 1.07. The molecule has 2 rings (SSSR count). The Morgan fingerprint density at radius 2 is 2.05 bits per heavy atom. The van der Waals surface area contributed by atoms with Crippen molar-refractivity contribution in [3.8, 4) is 0 Å². The Morgan fingerprint density at radius 1 is 1.33 bits per heavy atom. The molecule has 1 unspecified atom stereocenters. The van der Waals surface area contributed by atoms with E-state index in [4.69, 9.17) is 4.98 Å². The van der Waals surface area contributed by atoms with Crippen LogP contribution in [0.2, 0.25) is 0 Å². The predicted octanol–water partition coefficient (Wildman–Crippen LogP) is 3.02. The van der Waals surface area contributed by atoms with Crippen LogP contribution < -0.4 is 5.32 Å². The zero-order valence-electron chi connectivity index (χ0n) is 13.6. The van der Waals surface area contributed by atoms with Gasteiger partial charge in [-0.3, -0.25) is 0 Å². The van der Waals surface area contributed by atoms with Crippen molar-refractivity contribution >= 4 is 11.0 Å². The van der Waals surface area contributed by atoms with Crippen LogP contribution in [-0.2, 0) is 7.05 Å². The van der Waals surface area contributed by atoms with Gasteiger partial charge in [0.2, 0.25) is 0 Å². The van der Waals surface area contributed by atoms with Crippen molar-refractivity contribution in [1.29, 1.82) is 0 Å². The van der Waals surface area contributed by atoms with Crippen molar-refractivity contribution in [3.63, 3.8) is 0 Å². The molecule has 0 bridgehead atoms. The molecule has 4 heteroatoms. The van der Waals surface area contributed by atoms with E-state index in [2.05, 4.69) is 49.8 Å². The second kappa shape index (κ2) is 6.58. The van der Waals surface area contributed by atoms with E-state index in [0.717, 1.165) is 30.7 Å². The molecule has 21 heavy (non-hydrogen) atoms. The highest BCUT2D eigenvalue weighted by atomic mass is 16.3. The van der Waals surface area contributed by atoms with Crippen LogP contribution in [0.5, 0.6) is 0 Å². The third-order valence-electron chi connectivity index (χ3n) is 4.12. The summed E-state index contributed by atoms with van der Waals surface area (Å²) >= 11 is 0. The van der Waals surface area contributed by atoms with Gasteiger partial charge >= 0.3 is 0 Å². The summed E-state index contributed by atoms with van der Waals surface area (Å²) < 4.78 is 2.16. The molecule has 0 spiro atoms. The number of aliphatic hydroxyl groups is 1. The van der Waals surface area contributed by atoms with Crippen LogP contribution >= 0.6 is 0 Å². The lowest BCUT2D eigenvalue weighted by Crippen LogP contribution is -2.24. The smallest absolute Gasteiger partial charge is 0.126 e. The van der Waals surface area contributed by atoms with Crippen LogP contribution in [0.3, 0.4) is 0 Å². The zero-order chi connectivity index (χ0) is 15.5. The van der Waals surface area contributed by atoms with E-state index in [-0.39, 0.29) is 18.1 Å². The van der Waals surface area contributed by atoms with Crippen molar-refractivity contribution in [2.24, 2.45) is 12.5 Å². The molecule has 1 aromatic carbocycles. The minimum atomic E-state index is 0.0167. The number of nitrogens with one attached hydrogen (secondary N) is 1. The highest BCUT2D eigenvalue weighted by molar-refractivity contribution is 5.75. The largest absolute Gasteiger partial charge is 0.396 e. The molecule has 1 aromatic heterocycles. The number of imidazole rings is 1. The number of para-hydroxylation sites is 2. The van der Waals surface area contributed by atoms with E-state index < -0.39 is 0 Å². The normalized spacial score (nSPS) is 13.8. The first kappa shape index (κ1) is 16.0. The number of rotatable bonds is 7. The molecular weight excluding hydrogens is 262 g/mol. The fourth-order valence-corrected chi connectivity index (χ4v) is 2.61. The number of aliphatic hydroxyl groups excluding tert-OH is 1. The predicted molar refractivity (Wildman–Crippen MR) is 87.2 cm³/mol. The summed E-state index contributed by atoms with van der Waals surface area (Å²) in [5.41, 5.74) is 2.23. The van der Waals surface area contributed by atoms with Gasteiger partial charge in [-0.05, 0) is 43.9 Å². The number of hydrogen-bond donors (Lipinski definition) is 2. The molecule has 0 saturated heterocycles. The summed E-state index contributed by atoms with van der Waals surface area (Å²) in [6, 6.07) is 8.44. The van der Waals surface area contributed by atoms with Crippen LogP contribution in [0.25, 0.3) is 11.0 Å². The molecule has 0 aliphatic rings. The van der Waals surface area contributed by atoms with E-state index in [1.165, 1.54) is 5.52 Å². The number of fused-ring (bicyclic) bond motifs is 1. The molecule has 4 nitrogen and oxygen atoms in total. The standard InChI is InChI=1S/C17H27N3O/c1-13(18-11-7-10-17(2,3)12-21)16-19-14-8-5-6-9-15(14)20(16)4/h5-6,8-9,13,18,21H,7,10-12H2,1-4H3. The second-order valence-corrected chi connectivity index (χ2v) is 6.62. The fraction of sp³-hybridized carbons (Fsp3) is 0.588. The molecule has 0 aliphatic heterocycles. The maximum Gasteiger partial charge on any atom is 0.126 e. The first-order valence-electron chi connectivity index (χ1n) is 7.70. The molecule has 1 heterocycles. The zero-order valence-corrected chi connectivity index (χ0v) is 13.6. The van der Waals surface area contributed by atoms with E-state index in [1.807, 2.05) is 12.1 Å². The summed E-state index contributed by atoms with van der Waals surface area (Å²) in [6.45, 7) is 7.53. The first-order valence-corrected chi connectivity index (χ1v) is 7.70. The number of hydrogen-bond acceptors (Lipinski definition) is 3. The van der Waals surface area contributed by atoms with Crippen LogP contribution in [0, 0.1) is 5.41 Å². The topological polar surface area (TPSA) is 50.1 Å². The minimum absolute atomic E-state index is 0.0167. The Balaban J connectivity index is 1.93. The van der Waals surface area contributed by atoms with E-state index >= 15 is 0 Å². The van der Waals surface area contributed by atoms with E-state index in [9.17, 15) is 5.11 Å². The SMILES string of the molecule is CC(NCCCC(C)(C)CO)c1nc2ccccc2n1C. The summed E-state index contributed by atoms with van der Waals surface area (Å²) in [5, 5.41) is 12.8. The van der Waals surface area contributed by atoms with Crippen LogP contribution in [0.15, 0.2) is 24.3 Å². The van der Waals surface area contributed by atoms with E-state index in [1.54, 1.807) is 0 Å². The van der Waals surface area contributed by atoms with Gasteiger partial charge in [-0.2, -0.15) is 0 Å². The molecular formula is C17H27N3O. The van der Waals surface area contributed by atoms with Gasteiger partial charge in [0.05, 0.1) is 17.1 Å². The van der Waals surface area contributed by atoms with Gasteiger partial charge in [0.1, 0.15) is 5.82 Å². The Kier molecular flexibility index (Phi) is 5.01. The Bertz CT molecular complexity index is 589. The van der Waals surface area contributed by atoms with Crippen LogP contribution in [0.1, 0.15) is 45.5 Å². The van der Waals surface area contributed by atoms with Crippen LogP contribution in [-0.4, -0.2) is 27.8 Å². The van der Waals surface area contributed by atoms with E-state index in [0.29, 0.717) is 0 Å². The van der Waals surface area contributed by atoms with Crippen molar-refractivity contribution in [3.05, 3.63) is 30.1 Å². The summed E-state index contributed by atoms with van der Waals surface area (Å²) in [6.07, 6.45) is 2.08. The van der Waals surface area contributed by atoms with Gasteiger partial charge in [0, 0.05) is 13.7 Å². The lowest BCUT2D eigenvalue weighted by Gasteiger charge is -2.22. The average Bonchev–Trinajstić information content (AvgIpc) is 2.81. The molecule has 2 N–H and O–H groups in total. The summed E-state index contributed by atoms with van der Waals surface area (Å²) in [4.78, 5) is 4.72. The highest BCUT2D eigenvalue weighted by Crippen LogP contribution is 2.22. The van der Waals surface area contributed by atoms with Crippen molar-refractivity contribution < 1.29 is 5.11 Å². The monoisotopic (exact) mass is 289 g/mol. The highest BCUT2D eigenvalue weighted by Gasteiger charge is 2.17. The molecule has 0 amide bonds. The molecule has 0 aliphatic carbocycles. The van der Waals surface area contributed by atoms with Crippen LogP contribution in [0.4, 0.5) is 0 Å². The molecule has 1 atom stereocenters. The number of nitrogens with zero attached hydrogens (tertiary/aromatic N) is 2. The maximum atomic E-state index is 9.26. The third kappa shape index (κ3) is 3.83. The van der Waals surface area contributed by atoms with Gasteiger partial charge in [0.25, 0.3) is 0 Å². The second-order valence-electron chi connectivity index (χ2n) is 6.62. The van der Waals surface area contributed by atoms with Crippen molar-refractivity contribution in [2.45, 2.75) is 39.7 Å². The van der Waals surface area contributed by atoms with Gasteiger partial charge in [-0.1, -0.05) is 26.0 Å². The molecule has 0 fully saturated rings. The Morgan fingerprint density at radius 3 is 2.71 bits per heavy atom. The number of benzene rings is 1. The van der Waals surface area contributed by atoms with Gasteiger partial charge in [-0.25, -0.2) is 4.98 Å². The lowest BCUT2D eigenvalue weighted by molar-refractivity contribution is 0.147. The number of aryl methyl sites for hydroxylation is 1. The Hall–Kier alpha value is -1.39. The first-order chi connectivity index (χ1) is 9.94.